The van der Waals surface area contributed by atoms with Crippen LogP contribution in [0, 0.1) is 5.92 Å². The molecule has 158 valence electrons. The quantitative estimate of drug-likeness (QED) is 0.594. The van der Waals surface area contributed by atoms with Crippen LogP contribution in [-0.2, 0) is 28.4 Å². The van der Waals surface area contributed by atoms with Crippen LogP contribution in [0.5, 0.6) is 0 Å². The molecule has 1 aliphatic heterocycles. The molecule has 1 unspecified atom stereocenters. The van der Waals surface area contributed by atoms with Crippen LogP contribution in [0.2, 0.25) is 0 Å². The summed E-state index contributed by atoms with van der Waals surface area (Å²) in [4.78, 5) is 13.0. The summed E-state index contributed by atoms with van der Waals surface area (Å²) in [5, 5.41) is 3.84. The monoisotopic (exact) mass is 489 g/mol. The molecule has 0 aliphatic carbocycles. The van der Waals surface area contributed by atoms with Crippen LogP contribution < -0.4 is 5.32 Å². The van der Waals surface area contributed by atoms with Crippen LogP contribution in [0.3, 0.4) is 0 Å². The Morgan fingerprint density at radius 2 is 2.03 bits per heavy atom. The highest BCUT2D eigenvalue weighted by molar-refractivity contribution is 9.10. The van der Waals surface area contributed by atoms with Crippen molar-refractivity contribution in [3.05, 3.63) is 64.8 Å². The third-order valence-electron chi connectivity index (χ3n) is 5.61. The minimum Gasteiger partial charge on any atom is -0.352 e. The molecule has 1 saturated heterocycles. The number of nitrogens with zero attached hydrogens (tertiary/aromatic N) is 2. The first-order valence-corrected chi connectivity index (χ1v) is 12.2. The smallest absolute Gasteiger partial charge is 0.243 e. The molecule has 0 saturated carbocycles. The van der Waals surface area contributed by atoms with Crippen molar-refractivity contribution < 1.29 is 13.2 Å². The van der Waals surface area contributed by atoms with E-state index in [4.69, 9.17) is 0 Å². The van der Waals surface area contributed by atoms with Crippen molar-refractivity contribution in [1.82, 2.24) is 14.2 Å². The number of halogens is 1. The van der Waals surface area contributed by atoms with Gasteiger partial charge in [0.15, 0.2) is 0 Å². The number of aromatic nitrogens is 1. The lowest BCUT2D eigenvalue weighted by atomic mass is 9.99. The summed E-state index contributed by atoms with van der Waals surface area (Å²) in [6, 6.07) is 14.8. The molecule has 0 bridgehead atoms. The Kier molecular flexibility index (Phi) is 5.99. The minimum atomic E-state index is -3.65. The first-order chi connectivity index (χ1) is 14.3. The van der Waals surface area contributed by atoms with E-state index in [9.17, 15) is 13.2 Å². The van der Waals surface area contributed by atoms with Crippen molar-refractivity contribution >= 4 is 42.8 Å². The largest absolute Gasteiger partial charge is 0.352 e. The fraction of sp³-hybridized carbons (Fsp3) is 0.318. The normalized spacial score (nSPS) is 17.9. The van der Waals surface area contributed by atoms with E-state index in [1.54, 1.807) is 12.1 Å². The van der Waals surface area contributed by atoms with Gasteiger partial charge in [-0.25, -0.2) is 8.42 Å². The van der Waals surface area contributed by atoms with Crippen molar-refractivity contribution in [3.63, 3.8) is 0 Å². The Labute approximate surface area is 185 Å². The maximum Gasteiger partial charge on any atom is 0.243 e. The Balaban J connectivity index is 1.46. The standard InChI is InChI=1S/C22H24BrN3O3S/c1-25-11-9-17-13-20(7-8-21(17)25)30(28,29)26-10-3-5-18(15-26)22(27)24-14-16-4-2-6-19(23)12-16/h2,4,6-9,11-13,18H,3,5,10,14-15H2,1H3,(H,24,27). The van der Waals surface area contributed by atoms with Crippen molar-refractivity contribution in [2.45, 2.75) is 24.3 Å². The lowest BCUT2D eigenvalue weighted by Crippen LogP contribution is -2.45. The van der Waals surface area contributed by atoms with Crippen LogP contribution >= 0.6 is 15.9 Å². The molecule has 2 aromatic carbocycles. The van der Waals surface area contributed by atoms with Crippen LogP contribution in [0.15, 0.2) is 64.1 Å². The van der Waals surface area contributed by atoms with Crippen molar-refractivity contribution in [2.75, 3.05) is 13.1 Å². The molecule has 6 nitrogen and oxygen atoms in total. The number of sulfonamides is 1. The number of rotatable bonds is 5. The van der Waals surface area contributed by atoms with E-state index < -0.39 is 10.0 Å². The number of aryl methyl sites for hydroxylation is 1. The van der Waals surface area contributed by atoms with Gasteiger partial charge >= 0.3 is 0 Å². The molecule has 0 radical (unpaired) electrons. The highest BCUT2D eigenvalue weighted by atomic mass is 79.9. The first kappa shape index (κ1) is 21.1. The highest BCUT2D eigenvalue weighted by Gasteiger charge is 2.33. The lowest BCUT2D eigenvalue weighted by molar-refractivity contribution is -0.126. The molecule has 30 heavy (non-hydrogen) atoms. The van der Waals surface area contributed by atoms with Crippen LogP contribution in [-0.4, -0.2) is 36.3 Å². The number of benzene rings is 2. The summed E-state index contributed by atoms with van der Waals surface area (Å²) in [6.45, 7) is 1.07. The van der Waals surface area contributed by atoms with Gasteiger partial charge in [-0.05, 0) is 54.8 Å². The Morgan fingerprint density at radius 1 is 1.20 bits per heavy atom. The fourth-order valence-electron chi connectivity index (χ4n) is 3.92. The molecule has 1 atom stereocenters. The van der Waals surface area contributed by atoms with Crippen molar-refractivity contribution in [2.24, 2.45) is 13.0 Å². The number of carbonyl (C=O) groups excluding carboxylic acids is 1. The van der Waals surface area contributed by atoms with Crippen molar-refractivity contribution in [1.29, 1.82) is 0 Å². The summed E-state index contributed by atoms with van der Waals surface area (Å²) in [7, 11) is -1.72. The molecule has 0 spiro atoms. The zero-order chi connectivity index (χ0) is 21.3. The molecule has 8 heteroatoms. The van der Waals surface area contributed by atoms with Gasteiger partial charge in [-0.3, -0.25) is 4.79 Å². The molecule has 1 aromatic heterocycles. The predicted octanol–water partition coefficient (Wildman–Crippen LogP) is 3.66. The van der Waals surface area contributed by atoms with E-state index in [2.05, 4.69) is 21.2 Å². The highest BCUT2D eigenvalue weighted by Crippen LogP contribution is 2.26. The van der Waals surface area contributed by atoms with E-state index in [1.165, 1.54) is 4.31 Å². The fourth-order valence-corrected chi connectivity index (χ4v) is 5.93. The lowest BCUT2D eigenvalue weighted by Gasteiger charge is -2.31. The van der Waals surface area contributed by atoms with E-state index in [1.807, 2.05) is 54.2 Å². The second kappa shape index (κ2) is 8.53. The number of carbonyl (C=O) groups is 1. The molecule has 1 N–H and O–H groups in total. The maximum atomic E-state index is 13.2. The predicted molar refractivity (Wildman–Crippen MR) is 120 cm³/mol. The van der Waals surface area contributed by atoms with Crippen molar-refractivity contribution in [3.8, 4) is 0 Å². The molecular formula is C22H24BrN3O3S. The molecule has 4 rings (SSSR count). The summed E-state index contributed by atoms with van der Waals surface area (Å²) < 4.78 is 30.8. The average Bonchev–Trinajstić information content (AvgIpc) is 3.12. The van der Waals surface area contributed by atoms with E-state index in [0.29, 0.717) is 25.9 Å². The third-order valence-corrected chi connectivity index (χ3v) is 7.96. The second-order valence-corrected chi connectivity index (χ2v) is 10.6. The number of piperidine rings is 1. The summed E-state index contributed by atoms with van der Waals surface area (Å²) in [5.74, 6) is -0.450. The maximum absolute atomic E-state index is 13.2. The van der Waals surface area contributed by atoms with Gasteiger partial charge in [0.1, 0.15) is 0 Å². The van der Waals surface area contributed by atoms with Gasteiger partial charge in [-0.15, -0.1) is 0 Å². The van der Waals surface area contributed by atoms with Gasteiger partial charge < -0.3 is 9.88 Å². The van der Waals surface area contributed by atoms with Gasteiger partial charge in [0.05, 0.1) is 10.8 Å². The van der Waals surface area contributed by atoms with E-state index in [0.717, 1.165) is 20.9 Å². The Hall–Kier alpha value is -2.16. The number of amides is 1. The number of hydrogen-bond acceptors (Lipinski definition) is 3. The number of fused-ring (bicyclic) bond motifs is 1. The topological polar surface area (TPSA) is 71.4 Å². The Morgan fingerprint density at radius 3 is 2.83 bits per heavy atom. The summed E-state index contributed by atoms with van der Waals surface area (Å²) >= 11 is 3.43. The minimum absolute atomic E-state index is 0.103. The Bertz CT molecular complexity index is 1190. The zero-order valence-electron chi connectivity index (χ0n) is 16.7. The SMILES string of the molecule is Cn1ccc2cc(S(=O)(=O)N3CCCC(C(=O)NCc4cccc(Br)c4)C3)ccc21. The summed E-state index contributed by atoms with van der Waals surface area (Å²) in [5.41, 5.74) is 1.98. The average molecular weight is 490 g/mol. The van der Waals surface area contributed by atoms with Crippen LogP contribution in [0.25, 0.3) is 10.9 Å². The van der Waals surface area contributed by atoms with Gasteiger partial charge in [0.2, 0.25) is 15.9 Å². The number of hydrogen-bond donors (Lipinski definition) is 1. The number of nitrogens with one attached hydrogen (secondary N) is 1. The third kappa shape index (κ3) is 4.31. The molecule has 1 fully saturated rings. The van der Waals surface area contributed by atoms with Gasteiger partial charge in [0.25, 0.3) is 0 Å². The molecule has 1 amide bonds. The summed E-state index contributed by atoms with van der Waals surface area (Å²) in [6.07, 6.45) is 3.27. The van der Waals surface area contributed by atoms with E-state index in [-0.39, 0.29) is 23.3 Å². The first-order valence-electron chi connectivity index (χ1n) is 9.92. The molecular weight excluding hydrogens is 466 g/mol. The van der Waals surface area contributed by atoms with Gasteiger partial charge in [0, 0.05) is 48.3 Å². The molecule has 2 heterocycles. The van der Waals surface area contributed by atoms with Gasteiger partial charge in [-0.1, -0.05) is 28.1 Å². The molecule has 3 aromatic rings. The molecule has 1 aliphatic rings. The van der Waals surface area contributed by atoms with Crippen LogP contribution in [0.4, 0.5) is 0 Å². The second-order valence-electron chi connectivity index (χ2n) is 7.70. The van der Waals surface area contributed by atoms with Crippen LogP contribution in [0.1, 0.15) is 18.4 Å². The zero-order valence-corrected chi connectivity index (χ0v) is 19.1. The van der Waals surface area contributed by atoms with E-state index >= 15 is 0 Å². The van der Waals surface area contributed by atoms with Gasteiger partial charge in [-0.2, -0.15) is 4.31 Å².